The Hall–Kier alpha value is -1.49. The molecule has 0 fully saturated rings. The van der Waals surface area contributed by atoms with Crippen molar-refractivity contribution in [3.63, 3.8) is 0 Å². The van der Waals surface area contributed by atoms with Gasteiger partial charge in [0, 0.05) is 19.3 Å². The molecular formula is C14H20N2. The molecule has 0 aliphatic rings. The van der Waals surface area contributed by atoms with Crippen LogP contribution in [-0.4, -0.2) is 13.6 Å². The van der Waals surface area contributed by atoms with Gasteiger partial charge in [-0.2, -0.15) is 5.26 Å². The predicted molar refractivity (Wildman–Crippen MR) is 68.6 cm³/mol. The van der Waals surface area contributed by atoms with Crippen LogP contribution in [0.2, 0.25) is 0 Å². The van der Waals surface area contributed by atoms with Crippen molar-refractivity contribution in [2.45, 2.75) is 27.2 Å². The summed E-state index contributed by atoms with van der Waals surface area (Å²) >= 11 is 0. The number of nitrogens with zero attached hydrogens (tertiary/aromatic N) is 2. The molecule has 0 saturated carbocycles. The summed E-state index contributed by atoms with van der Waals surface area (Å²) in [6, 6.07) is 8.04. The van der Waals surface area contributed by atoms with Crippen LogP contribution in [0.15, 0.2) is 18.2 Å². The molecule has 0 amide bonds. The van der Waals surface area contributed by atoms with Gasteiger partial charge in [0.05, 0.1) is 11.6 Å². The molecule has 0 saturated heterocycles. The van der Waals surface area contributed by atoms with E-state index >= 15 is 0 Å². The quantitative estimate of drug-likeness (QED) is 0.771. The Balaban J connectivity index is 2.84. The maximum absolute atomic E-state index is 8.81. The lowest BCUT2D eigenvalue weighted by Crippen LogP contribution is -2.24. The van der Waals surface area contributed by atoms with Gasteiger partial charge in [0.25, 0.3) is 0 Å². The topological polar surface area (TPSA) is 27.0 Å². The van der Waals surface area contributed by atoms with E-state index in [2.05, 4.69) is 38.8 Å². The van der Waals surface area contributed by atoms with Crippen molar-refractivity contribution in [1.29, 1.82) is 5.26 Å². The largest absolute Gasteiger partial charge is 0.374 e. The van der Waals surface area contributed by atoms with Gasteiger partial charge in [-0.25, -0.2) is 0 Å². The zero-order valence-corrected chi connectivity index (χ0v) is 10.6. The first-order chi connectivity index (χ1) is 7.58. The number of benzene rings is 1. The van der Waals surface area contributed by atoms with Crippen molar-refractivity contribution in [2.24, 2.45) is 5.92 Å². The fourth-order valence-electron chi connectivity index (χ4n) is 1.85. The smallest absolute Gasteiger partial charge is 0.0991 e. The SMILES string of the molecule is CCC(C)CN(C)c1ccc(C#N)cc1C. The zero-order valence-electron chi connectivity index (χ0n) is 10.6. The number of anilines is 1. The van der Waals surface area contributed by atoms with Gasteiger partial charge in [0.1, 0.15) is 0 Å². The van der Waals surface area contributed by atoms with Crippen molar-refractivity contribution < 1.29 is 0 Å². The second-order valence-corrected chi connectivity index (χ2v) is 4.51. The molecular weight excluding hydrogens is 196 g/mol. The highest BCUT2D eigenvalue weighted by Gasteiger charge is 2.08. The maximum atomic E-state index is 8.81. The van der Waals surface area contributed by atoms with Crippen molar-refractivity contribution >= 4 is 5.69 Å². The molecule has 0 bridgehead atoms. The molecule has 0 radical (unpaired) electrons. The van der Waals surface area contributed by atoms with Gasteiger partial charge >= 0.3 is 0 Å². The molecule has 0 aliphatic heterocycles. The van der Waals surface area contributed by atoms with E-state index in [9.17, 15) is 0 Å². The highest BCUT2D eigenvalue weighted by atomic mass is 15.1. The Morgan fingerprint density at radius 3 is 2.62 bits per heavy atom. The van der Waals surface area contributed by atoms with Crippen LogP contribution in [0, 0.1) is 24.2 Å². The summed E-state index contributed by atoms with van der Waals surface area (Å²) in [5, 5.41) is 8.81. The average Bonchev–Trinajstić information content (AvgIpc) is 2.28. The summed E-state index contributed by atoms with van der Waals surface area (Å²) < 4.78 is 0. The highest BCUT2D eigenvalue weighted by molar-refractivity contribution is 5.55. The lowest BCUT2D eigenvalue weighted by atomic mass is 10.1. The first-order valence-corrected chi connectivity index (χ1v) is 5.80. The number of hydrogen-bond acceptors (Lipinski definition) is 2. The average molecular weight is 216 g/mol. The van der Waals surface area contributed by atoms with E-state index in [4.69, 9.17) is 5.26 Å². The van der Waals surface area contributed by atoms with E-state index in [0.29, 0.717) is 5.92 Å². The van der Waals surface area contributed by atoms with Crippen LogP contribution in [0.25, 0.3) is 0 Å². The van der Waals surface area contributed by atoms with Gasteiger partial charge in [0.2, 0.25) is 0 Å². The molecule has 1 aromatic carbocycles. The molecule has 1 aromatic rings. The minimum atomic E-state index is 0.694. The second-order valence-electron chi connectivity index (χ2n) is 4.51. The van der Waals surface area contributed by atoms with Crippen LogP contribution in [0.3, 0.4) is 0 Å². The lowest BCUT2D eigenvalue weighted by molar-refractivity contribution is 0.559. The molecule has 2 nitrogen and oxygen atoms in total. The molecule has 0 aromatic heterocycles. The fraction of sp³-hybridized carbons (Fsp3) is 0.500. The zero-order chi connectivity index (χ0) is 12.1. The number of hydrogen-bond donors (Lipinski definition) is 0. The molecule has 1 unspecified atom stereocenters. The monoisotopic (exact) mass is 216 g/mol. The van der Waals surface area contributed by atoms with Gasteiger partial charge in [0.15, 0.2) is 0 Å². The summed E-state index contributed by atoms with van der Waals surface area (Å²) in [7, 11) is 2.11. The van der Waals surface area contributed by atoms with Crippen LogP contribution in [-0.2, 0) is 0 Å². The highest BCUT2D eigenvalue weighted by Crippen LogP contribution is 2.21. The third-order valence-electron chi connectivity index (χ3n) is 3.02. The lowest BCUT2D eigenvalue weighted by Gasteiger charge is -2.24. The predicted octanol–water partition coefficient (Wildman–Crippen LogP) is 3.35. The van der Waals surface area contributed by atoms with Crippen LogP contribution < -0.4 is 4.90 Å². The normalized spacial score (nSPS) is 11.9. The van der Waals surface area contributed by atoms with Crippen molar-refractivity contribution in [3.05, 3.63) is 29.3 Å². The summed E-state index contributed by atoms with van der Waals surface area (Å²) in [4.78, 5) is 2.27. The second kappa shape index (κ2) is 5.55. The number of rotatable bonds is 4. The molecule has 0 aliphatic carbocycles. The van der Waals surface area contributed by atoms with Crippen LogP contribution in [0.4, 0.5) is 5.69 Å². The number of nitriles is 1. The van der Waals surface area contributed by atoms with Crippen LogP contribution in [0.1, 0.15) is 31.4 Å². The van der Waals surface area contributed by atoms with E-state index in [1.54, 1.807) is 0 Å². The Kier molecular flexibility index (Phi) is 4.37. The molecule has 86 valence electrons. The minimum Gasteiger partial charge on any atom is -0.374 e. The van der Waals surface area contributed by atoms with Crippen molar-refractivity contribution in [1.82, 2.24) is 0 Å². The Morgan fingerprint density at radius 2 is 2.12 bits per heavy atom. The van der Waals surface area contributed by atoms with Gasteiger partial charge in [-0.15, -0.1) is 0 Å². The van der Waals surface area contributed by atoms with Gasteiger partial charge in [-0.1, -0.05) is 20.3 Å². The first kappa shape index (κ1) is 12.6. The molecule has 0 spiro atoms. The van der Waals surface area contributed by atoms with E-state index < -0.39 is 0 Å². The molecule has 0 heterocycles. The van der Waals surface area contributed by atoms with Crippen LogP contribution >= 0.6 is 0 Å². The van der Waals surface area contributed by atoms with Gasteiger partial charge < -0.3 is 4.90 Å². The fourth-order valence-corrected chi connectivity index (χ4v) is 1.85. The summed E-state index contributed by atoms with van der Waals surface area (Å²) in [5.41, 5.74) is 3.13. The maximum Gasteiger partial charge on any atom is 0.0991 e. The van der Waals surface area contributed by atoms with Gasteiger partial charge in [-0.05, 0) is 36.6 Å². The van der Waals surface area contributed by atoms with Crippen LogP contribution in [0.5, 0.6) is 0 Å². The Labute approximate surface area is 98.5 Å². The Morgan fingerprint density at radius 1 is 1.44 bits per heavy atom. The molecule has 16 heavy (non-hydrogen) atoms. The van der Waals surface area contributed by atoms with Crippen molar-refractivity contribution in [3.8, 4) is 6.07 Å². The molecule has 1 atom stereocenters. The van der Waals surface area contributed by atoms with Gasteiger partial charge in [-0.3, -0.25) is 0 Å². The summed E-state index contributed by atoms with van der Waals surface area (Å²) in [5.74, 6) is 0.694. The molecule has 0 N–H and O–H groups in total. The standard InChI is InChI=1S/C14H20N2/c1-5-11(2)10-16(4)14-7-6-13(9-15)8-12(14)3/h6-8,11H,5,10H2,1-4H3. The number of aryl methyl sites for hydroxylation is 1. The summed E-state index contributed by atoms with van der Waals surface area (Å²) in [6.45, 7) is 7.59. The third-order valence-corrected chi connectivity index (χ3v) is 3.02. The molecule has 2 heteroatoms. The molecule has 1 rings (SSSR count). The van der Waals surface area contributed by atoms with E-state index in [0.717, 1.165) is 12.1 Å². The summed E-state index contributed by atoms with van der Waals surface area (Å²) in [6.07, 6.45) is 1.19. The first-order valence-electron chi connectivity index (χ1n) is 5.80. The van der Waals surface area contributed by atoms with E-state index in [1.165, 1.54) is 17.7 Å². The Bertz CT molecular complexity index is 390. The third kappa shape index (κ3) is 3.00. The van der Waals surface area contributed by atoms with E-state index in [-0.39, 0.29) is 0 Å². The van der Waals surface area contributed by atoms with E-state index in [1.807, 2.05) is 18.2 Å². The minimum absolute atomic E-state index is 0.694. The van der Waals surface area contributed by atoms with Crippen molar-refractivity contribution in [2.75, 3.05) is 18.5 Å².